The second kappa shape index (κ2) is 8.23. The van der Waals surface area contributed by atoms with Crippen LogP contribution in [0.2, 0.25) is 0 Å². The third-order valence-electron chi connectivity index (χ3n) is 3.83. The lowest BCUT2D eigenvalue weighted by molar-refractivity contribution is -0.134. The van der Waals surface area contributed by atoms with Crippen LogP contribution < -0.4 is 5.32 Å². The molecule has 1 N–H and O–H groups in total. The van der Waals surface area contributed by atoms with Gasteiger partial charge in [-0.1, -0.05) is 30.3 Å². The fraction of sp³-hybridized carbons (Fsp3) is 0.0952. The number of anilines is 1. The Balaban J connectivity index is 1.57. The van der Waals surface area contributed by atoms with Crippen LogP contribution in [0.4, 0.5) is 10.1 Å². The summed E-state index contributed by atoms with van der Waals surface area (Å²) in [6.45, 7) is 0. The van der Waals surface area contributed by atoms with Crippen molar-refractivity contribution in [3.05, 3.63) is 89.6 Å². The number of halogens is 1. The molecule has 1 aromatic heterocycles. The first-order valence-electron chi connectivity index (χ1n) is 8.27. The molecule has 0 radical (unpaired) electrons. The zero-order chi connectivity index (χ0) is 19.2. The number of furan rings is 1. The van der Waals surface area contributed by atoms with Gasteiger partial charge in [0.15, 0.2) is 5.76 Å². The molecule has 1 heterocycles. The van der Waals surface area contributed by atoms with Crippen molar-refractivity contribution in [3.8, 4) is 0 Å². The highest BCUT2D eigenvalue weighted by Crippen LogP contribution is 2.15. The number of benzene rings is 2. The first-order valence-corrected chi connectivity index (χ1v) is 8.27. The molecule has 27 heavy (non-hydrogen) atoms. The van der Waals surface area contributed by atoms with E-state index in [9.17, 15) is 18.8 Å². The molecule has 0 bridgehead atoms. The number of nitrogens with one attached hydrogen (secondary N) is 1. The molecule has 0 atom stereocenters. The maximum absolute atomic E-state index is 12.9. The van der Waals surface area contributed by atoms with Gasteiger partial charge in [-0.25, -0.2) is 4.39 Å². The number of ketones is 2. The molecule has 0 aliphatic carbocycles. The predicted octanol–water partition coefficient (Wildman–Crippen LogP) is 3.79. The molecule has 1 amide bonds. The maximum Gasteiger partial charge on any atom is 0.292 e. The number of hydrogen-bond acceptors (Lipinski definition) is 4. The first-order chi connectivity index (χ1) is 13.0. The van der Waals surface area contributed by atoms with Gasteiger partial charge in [-0.05, 0) is 42.0 Å². The topological polar surface area (TPSA) is 76.4 Å². The van der Waals surface area contributed by atoms with Gasteiger partial charge in [-0.15, -0.1) is 0 Å². The van der Waals surface area contributed by atoms with Crippen molar-refractivity contribution in [2.24, 2.45) is 0 Å². The van der Waals surface area contributed by atoms with Gasteiger partial charge in [0, 0.05) is 12.1 Å². The Morgan fingerprint density at radius 1 is 0.889 bits per heavy atom. The van der Waals surface area contributed by atoms with Gasteiger partial charge >= 0.3 is 0 Å². The molecule has 3 aromatic rings. The largest absolute Gasteiger partial charge is 0.458 e. The van der Waals surface area contributed by atoms with Crippen molar-refractivity contribution in [2.45, 2.75) is 12.8 Å². The number of hydrogen-bond donors (Lipinski definition) is 1. The zero-order valence-corrected chi connectivity index (χ0v) is 14.3. The van der Waals surface area contributed by atoms with Gasteiger partial charge in [-0.3, -0.25) is 14.4 Å². The van der Waals surface area contributed by atoms with Gasteiger partial charge in [0.2, 0.25) is 11.6 Å². The van der Waals surface area contributed by atoms with E-state index in [1.165, 1.54) is 18.2 Å². The Bertz CT molecular complexity index is 961. The van der Waals surface area contributed by atoms with E-state index in [0.29, 0.717) is 17.9 Å². The minimum atomic E-state index is -0.854. The Hall–Kier alpha value is -3.54. The highest BCUT2D eigenvalue weighted by molar-refractivity contribution is 6.43. The van der Waals surface area contributed by atoms with Crippen LogP contribution in [-0.2, 0) is 16.0 Å². The number of amides is 1. The molecular weight excluding hydrogens is 349 g/mol. The standard InChI is InChI=1S/C21H16FNO4/c22-15-8-6-14(7-9-15)12-17-10-11-20(27-17)18(24)13-19(25)21(26)23-16-4-2-1-3-5-16/h1-11H,12-13H2,(H,23,26). The van der Waals surface area contributed by atoms with Gasteiger partial charge in [-0.2, -0.15) is 0 Å². The van der Waals surface area contributed by atoms with E-state index in [1.54, 1.807) is 48.5 Å². The molecule has 6 heteroatoms. The van der Waals surface area contributed by atoms with E-state index in [0.717, 1.165) is 5.56 Å². The normalized spacial score (nSPS) is 10.4. The van der Waals surface area contributed by atoms with E-state index < -0.39 is 23.9 Å². The van der Waals surface area contributed by atoms with E-state index >= 15 is 0 Å². The Morgan fingerprint density at radius 3 is 2.30 bits per heavy atom. The number of para-hydroxylation sites is 1. The SMILES string of the molecule is O=C(CC(=O)c1ccc(Cc2ccc(F)cc2)o1)C(=O)Nc1ccccc1. The van der Waals surface area contributed by atoms with Crippen molar-refractivity contribution in [1.82, 2.24) is 0 Å². The second-order valence-electron chi connectivity index (χ2n) is 5.91. The molecule has 136 valence electrons. The number of carbonyl (C=O) groups is 3. The van der Waals surface area contributed by atoms with E-state index in [2.05, 4.69) is 5.32 Å². The molecular formula is C21H16FNO4. The summed E-state index contributed by atoms with van der Waals surface area (Å²) in [4.78, 5) is 36.0. The van der Waals surface area contributed by atoms with Crippen LogP contribution in [0.15, 0.2) is 71.1 Å². The molecule has 0 aliphatic heterocycles. The molecule has 0 fully saturated rings. The van der Waals surface area contributed by atoms with Crippen molar-refractivity contribution in [3.63, 3.8) is 0 Å². The summed E-state index contributed by atoms with van der Waals surface area (Å²) in [7, 11) is 0. The zero-order valence-electron chi connectivity index (χ0n) is 14.3. The lowest BCUT2D eigenvalue weighted by atomic mass is 10.1. The quantitative estimate of drug-likeness (QED) is 0.393. The number of rotatable bonds is 7. The monoisotopic (exact) mass is 365 g/mol. The van der Waals surface area contributed by atoms with Crippen LogP contribution in [0.1, 0.15) is 28.3 Å². The van der Waals surface area contributed by atoms with Crippen LogP contribution in [-0.4, -0.2) is 17.5 Å². The Morgan fingerprint density at radius 2 is 1.59 bits per heavy atom. The Kier molecular flexibility index (Phi) is 5.56. The summed E-state index contributed by atoms with van der Waals surface area (Å²) < 4.78 is 18.4. The van der Waals surface area contributed by atoms with Gasteiger partial charge in [0.1, 0.15) is 11.6 Å². The third kappa shape index (κ3) is 4.98. The summed E-state index contributed by atoms with van der Waals surface area (Å²) in [5.41, 5.74) is 1.30. The van der Waals surface area contributed by atoms with Gasteiger partial charge in [0.25, 0.3) is 5.91 Å². The molecule has 3 rings (SSSR count). The lowest BCUT2D eigenvalue weighted by Crippen LogP contribution is -2.24. The molecule has 0 spiro atoms. The molecule has 0 saturated carbocycles. The summed E-state index contributed by atoms with van der Waals surface area (Å²) in [5.74, 6) is -2.10. The van der Waals surface area contributed by atoms with Crippen LogP contribution in [0.5, 0.6) is 0 Å². The van der Waals surface area contributed by atoms with Crippen molar-refractivity contribution in [1.29, 1.82) is 0 Å². The Labute approximate surface area is 154 Å². The molecule has 0 aliphatic rings. The average Bonchev–Trinajstić information content (AvgIpc) is 3.13. The fourth-order valence-electron chi connectivity index (χ4n) is 2.46. The third-order valence-corrected chi connectivity index (χ3v) is 3.83. The number of carbonyl (C=O) groups excluding carboxylic acids is 3. The highest BCUT2D eigenvalue weighted by atomic mass is 19.1. The average molecular weight is 365 g/mol. The summed E-state index contributed by atoms with van der Waals surface area (Å²) in [6, 6.07) is 17.5. The van der Waals surface area contributed by atoms with E-state index in [1.807, 2.05) is 0 Å². The van der Waals surface area contributed by atoms with E-state index in [-0.39, 0.29) is 11.6 Å². The summed E-state index contributed by atoms with van der Waals surface area (Å²) in [6.07, 6.45) is -0.196. The highest BCUT2D eigenvalue weighted by Gasteiger charge is 2.21. The minimum Gasteiger partial charge on any atom is -0.458 e. The van der Waals surface area contributed by atoms with Crippen LogP contribution in [0.25, 0.3) is 0 Å². The molecule has 2 aromatic carbocycles. The van der Waals surface area contributed by atoms with Gasteiger partial charge in [0.05, 0.1) is 6.42 Å². The minimum absolute atomic E-state index is 0.00738. The predicted molar refractivity (Wildman–Crippen MR) is 96.9 cm³/mol. The number of Topliss-reactive ketones (excluding diaryl/α,β-unsaturated/α-hetero) is 2. The first kappa shape index (κ1) is 18.3. The van der Waals surface area contributed by atoms with Crippen molar-refractivity contribution < 1.29 is 23.2 Å². The summed E-state index contributed by atoms with van der Waals surface area (Å²) >= 11 is 0. The van der Waals surface area contributed by atoms with Crippen molar-refractivity contribution in [2.75, 3.05) is 5.32 Å². The van der Waals surface area contributed by atoms with Crippen molar-refractivity contribution >= 4 is 23.2 Å². The van der Waals surface area contributed by atoms with Crippen LogP contribution in [0.3, 0.4) is 0 Å². The maximum atomic E-state index is 12.9. The van der Waals surface area contributed by atoms with Crippen LogP contribution >= 0.6 is 0 Å². The second-order valence-corrected chi connectivity index (χ2v) is 5.91. The fourth-order valence-corrected chi connectivity index (χ4v) is 2.46. The lowest BCUT2D eigenvalue weighted by Gasteiger charge is -2.03. The molecule has 0 unspecified atom stereocenters. The smallest absolute Gasteiger partial charge is 0.292 e. The summed E-state index contributed by atoms with van der Waals surface area (Å²) in [5, 5.41) is 2.44. The van der Waals surface area contributed by atoms with Gasteiger partial charge < -0.3 is 9.73 Å². The van der Waals surface area contributed by atoms with E-state index in [4.69, 9.17) is 4.42 Å². The molecule has 0 saturated heterocycles. The van der Waals surface area contributed by atoms with Crippen LogP contribution in [0, 0.1) is 5.82 Å². The molecule has 5 nitrogen and oxygen atoms in total.